The molecular formula is C25H36N2O5. The van der Waals surface area contributed by atoms with Crippen molar-refractivity contribution in [2.24, 2.45) is 11.3 Å². The number of hydrogen-bond acceptors (Lipinski definition) is 5. The minimum absolute atomic E-state index is 0.0120. The van der Waals surface area contributed by atoms with E-state index < -0.39 is 12.0 Å². The number of aliphatic hydroxyl groups is 1. The van der Waals surface area contributed by atoms with Crippen LogP contribution >= 0.6 is 0 Å². The van der Waals surface area contributed by atoms with E-state index in [0.29, 0.717) is 19.3 Å². The molecule has 3 N–H and O–H groups in total. The number of carbonyl (C=O) groups is 3. The van der Waals surface area contributed by atoms with Crippen LogP contribution < -0.4 is 10.6 Å². The normalized spacial score (nSPS) is 22.5. The number of nitrogens with one attached hydrogen (secondary N) is 2. The van der Waals surface area contributed by atoms with Crippen molar-refractivity contribution in [2.45, 2.75) is 65.0 Å². The molecule has 0 radical (unpaired) electrons. The number of carbonyl (C=O) groups excluding carboxylic acids is 3. The van der Waals surface area contributed by atoms with Crippen LogP contribution in [0.1, 0.15) is 52.0 Å². The Morgan fingerprint density at radius 1 is 1.22 bits per heavy atom. The summed E-state index contributed by atoms with van der Waals surface area (Å²) in [5.41, 5.74) is 0.696. The van der Waals surface area contributed by atoms with Crippen molar-refractivity contribution >= 4 is 17.8 Å². The first kappa shape index (κ1) is 25.6. The van der Waals surface area contributed by atoms with Crippen molar-refractivity contribution < 1.29 is 24.2 Å². The SMILES string of the molecule is CC(C)(C)[C@H]1COC(=O)CC/C=C\C[C@@H](CC(=O)N[C@H](CO)Cc2ccccc2)C(=O)N1. The number of aliphatic hydroxyl groups excluding tert-OH is 1. The molecule has 7 nitrogen and oxygen atoms in total. The molecule has 1 aromatic carbocycles. The van der Waals surface area contributed by atoms with Crippen molar-refractivity contribution in [1.29, 1.82) is 0 Å². The molecule has 0 saturated heterocycles. The predicted molar refractivity (Wildman–Crippen MR) is 123 cm³/mol. The van der Waals surface area contributed by atoms with Gasteiger partial charge in [-0.2, -0.15) is 0 Å². The number of hydrogen-bond donors (Lipinski definition) is 3. The van der Waals surface area contributed by atoms with E-state index in [1.54, 1.807) is 0 Å². The Morgan fingerprint density at radius 2 is 1.94 bits per heavy atom. The zero-order chi connectivity index (χ0) is 23.6. The number of cyclic esters (lactones) is 1. The summed E-state index contributed by atoms with van der Waals surface area (Å²) in [6.07, 6.45) is 5.41. The maximum atomic E-state index is 13.0. The summed E-state index contributed by atoms with van der Waals surface area (Å²) in [5, 5.41) is 15.5. The van der Waals surface area contributed by atoms with E-state index in [9.17, 15) is 19.5 Å². The van der Waals surface area contributed by atoms with E-state index in [2.05, 4.69) is 10.6 Å². The van der Waals surface area contributed by atoms with Gasteiger partial charge in [-0.3, -0.25) is 14.4 Å². The van der Waals surface area contributed by atoms with Gasteiger partial charge in [0.05, 0.1) is 24.6 Å². The van der Waals surface area contributed by atoms with Gasteiger partial charge in [0.2, 0.25) is 11.8 Å². The summed E-state index contributed by atoms with van der Waals surface area (Å²) >= 11 is 0. The fraction of sp³-hybridized carbons (Fsp3) is 0.560. The van der Waals surface area contributed by atoms with Crippen LogP contribution in [0.3, 0.4) is 0 Å². The maximum absolute atomic E-state index is 13.0. The summed E-state index contributed by atoms with van der Waals surface area (Å²) in [6, 6.07) is 8.84. The molecule has 2 rings (SSSR count). The van der Waals surface area contributed by atoms with Gasteiger partial charge in [-0.25, -0.2) is 0 Å². The Hall–Kier alpha value is -2.67. The van der Waals surface area contributed by atoms with Crippen LogP contribution in [-0.4, -0.2) is 48.2 Å². The van der Waals surface area contributed by atoms with Gasteiger partial charge in [-0.15, -0.1) is 0 Å². The molecule has 1 aromatic rings. The smallest absolute Gasteiger partial charge is 0.306 e. The molecule has 7 heteroatoms. The molecule has 3 atom stereocenters. The molecule has 1 aliphatic heterocycles. The minimum atomic E-state index is -0.553. The van der Waals surface area contributed by atoms with Crippen LogP contribution in [0.2, 0.25) is 0 Å². The lowest BCUT2D eigenvalue weighted by Crippen LogP contribution is -2.50. The van der Waals surface area contributed by atoms with Gasteiger partial charge in [0, 0.05) is 12.8 Å². The lowest BCUT2D eigenvalue weighted by atomic mass is 9.86. The Kier molecular flexibility index (Phi) is 9.91. The minimum Gasteiger partial charge on any atom is -0.463 e. The van der Waals surface area contributed by atoms with Gasteiger partial charge in [-0.1, -0.05) is 63.3 Å². The molecule has 0 aromatic heterocycles. The molecule has 176 valence electrons. The van der Waals surface area contributed by atoms with Crippen LogP contribution in [0.5, 0.6) is 0 Å². The van der Waals surface area contributed by atoms with Crippen LogP contribution in [0.25, 0.3) is 0 Å². The molecule has 2 amide bonds. The van der Waals surface area contributed by atoms with Crippen LogP contribution in [-0.2, 0) is 25.5 Å². The van der Waals surface area contributed by atoms with Gasteiger partial charge in [0.15, 0.2) is 0 Å². The third kappa shape index (κ3) is 8.83. The number of benzene rings is 1. The highest BCUT2D eigenvalue weighted by molar-refractivity contribution is 5.86. The Balaban J connectivity index is 2.06. The molecule has 1 heterocycles. The highest BCUT2D eigenvalue weighted by Crippen LogP contribution is 2.22. The van der Waals surface area contributed by atoms with Crippen molar-refractivity contribution in [2.75, 3.05) is 13.2 Å². The summed E-state index contributed by atoms with van der Waals surface area (Å²) in [7, 11) is 0. The van der Waals surface area contributed by atoms with E-state index in [-0.39, 0.29) is 55.3 Å². The fourth-order valence-electron chi connectivity index (χ4n) is 3.48. The topological polar surface area (TPSA) is 105 Å². The van der Waals surface area contributed by atoms with E-state index >= 15 is 0 Å². The molecule has 0 aliphatic carbocycles. The van der Waals surface area contributed by atoms with E-state index in [4.69, 9.17) is 4.74 Å². The Labute approximate surface area is 190 Å². The van der Waals surface area contributed by atoms with Crippen molar-refractivity contribution in [1.82, 2.24) is 10.6 Å². The molecule has 0 unspecified atom stereocenters. The second-order valence-electron chi connectivity index (χ2n) is 9.39. The standard InChI is InChI=1S/C25H36N2O5/c1-25(2,3)21-17-32-23(30)13-9-5-8-12-19(24(31)27-21)15-22(29)26-20(16-28)14-18-10-6-4-7-11-18/h4-8,10-11,19-21,28H,9,12-17H2,1-3H3,(H,26,29)(H,27,31)/b8-5-/t19-,20-,21+/m0/s1. The highest BCUT2D eigenvalue weighted by atomic mass is 16.5. The highest BCUT2D eigenvalue weighted by Gasteiger charge is 2.31. The second-order valence-corrected chi connectivity index (χ2v) is 9.39. The van der Waals surface area contributed by atoms with E-state index in [1.165, 1.54) is 0 Å². The number of allylic oxidation sites excluding steroid dienone is 2. The zero-order valence-corrected chi connectivity index (χ0v) is 19.3. The number of amides is 2. The monoisotopic (exact) mass is 444 g/mol. The second kappa shape index (κ2) is 12.4. The number of esters is 1. The third-order valence-corrected chi connectivity index (χ3v) is 5.59. The van der Waals surface area contributed by atoms with Gasteiger partial charge < -0.3 is 20.5 Å². The van der Waals surface area contributed by atoms with Gasteiger partial charge in [0.1, 0.15) is 6.61 Å². The van der Waals surface area contributed by atoms with E-state index in [0.717, 1.165) is 5.56 Å². The lowest BCUT2D eigenvalue weighted by molar-refractivity contribution is -0.146. The molecule has 0 spiro atoms. The van der Waals surface area contributed by atoms with Gasteiger partial charge >= 0.3 is 5.97 Å². The lowest BCUT2D eigenvalue weighted by Gasteiger charge is -2.32. The van der Waals surface area contributed by atoms with Crippen LogP contribution in [0.15, 0.2) is 42.5 Å². The first-order chi connectivity index (χ1) is 15.2. The molecule has 0 saturated carbocycles. The maximum Gasteiger partial charge on any atom is 0.306 e. The van der Waals surface area contributed by atoms with Crippen LogP contribution in [0.4, 0.5) is 0 Å². The molecular weight excluding hydrogens is 408 g/mol. The third-order valence-electron chi connectivity index (χ3n) is 5.59. The average Bonchev–Trinajstić information content (AvgIpc) is 2.74. The van der Waals surface area contributed by atoms with Crippen molar-refractivity contribution in [3.63, 3.8) is 0 Å². The average molecular weight is 445 g/mol. The number of rotatable bonds is 6. The van der Waals surface area contributed by atoms with Gasteiger partial charge in [-0.05, 0) is 30.2 Å². The number of ether oxygens (including phenoxy) is 1. The zero-order valence-electron chi connectivity index (χ0n) is 19.3. The first-order valence-corrected chi connectivity index (χ1v) is 11.2. The van der Waals surface area contributed by atoms with Crippen molar-refractivity contribution in [3.8, 4) is 0 Å². The quantitative estimate of drug-likeness (QED) is 0.462. The first-order valence-electron chi connectivity index (χ1n) is 11.2. The molecule has 32 heavy (non-hydrogen) atoms. The molecule has 0 fully saturated rings. The van der Waals surface area contributed by atoms with E-state index in [1.807, 2.05) is 63.3 Å². The summed E-state index contributed by atoms with van der Waals surface area (Å²) in [6.45, 7) is 5.81. The van der Waals surface area contributed by atoms with Crippen molar-refractivity contribution in [3.05, 3.63) is 48.0 Å². The summed E-state index contributed by atoms with van der Waals surface area (Å²) in [5.74, 6) is -1.37. The molecule has 0 bridgehead atoms. The Bertz CT molecular complexity index is 785. The predicted octanol–water partition coefficient (Wildman–Crippen LogP) is 2.53. The summed E-state index contributed by atoms with van der Waals surface area (Å²) in [4.78, 5) is 37.6. The van der Waals surface area contributed by atoms with Gasteiger partial charge in [0.25, 0.3) is 0 Å². The molecule has 1 aliphatic rings. The Morgan fingerprint density at radius 3 is 2.59 bits per heavy atom. The largest absolute Gasteiger partial charge is 0.463 e. The van der Waals surface area contributed by atoms with Crippen LogP contribution in [0, 0.1) is 11.3 Å². The summed E-state index contributed by atoms with van der Waals surface area (Å²) < 4.78 is 5.35. The fourth-order valence-corrected chi connectivity index (χ4v) is 3.48.